The van der Waals surface area contributed by atoms with Crippen molar-refractivity contribution in [3.8, 4) is 11.1 Å². The van der Waals surface area contributed by atoms with Gasteiger partial charge in [-0.1, -0.05) is 12.1 Å². The second-order valence-electron chi connectivity index (χ2n) is 6.56. The molecule has 3 N–H and O–H groups in total. The Labute approximate surface area is 171 Å². The molecule has 0 bridgehead atoms. The van der Waals surface area contributed by atoms with Crippen LogP contribution in [-0.2, 0) is 7.05 Å². The summed E-state index contributed by atoms with van der Waals surface area (Å²) in [6, 6.07) is 19.5. The number of hydrogen-bond acceptors (Lipinski definition) is 4. The number of carbonyl (C=O) groups is 1. The minimum atomic E-state index is -0.544. The van der Waals surface area contributed by atoms with Crippen molar-refractivity contribution < 1.29 is 14.4 Å². The third-order valence-corrected chi connectivity index (χ3v) is 5.50. The number of aryl methyl sites for hydroxylation is 1. The molecule has 0 unspecified atom stereocenters. The van der Waals surface area contributed by atoms with Gasteiger partial charge in [0.25, 0.3) is 5.91 Å². The van der Waals surface area contributed by atoms with Crippen LogP contribution >= 0.6 is 11.9 Å². The molecule has 29 heavy (non-hydrogen) atoms. The summed E-state index contributed by atoms with van der Waals surface area (Å²) >= 11 is 1.42. The molecule has 0 fully saturated rings. The molecule has 0 saturated heterocycles. The molecule has 4 aromatic rings. The zero-order valence-electron chi connectivity index (χ0n) is 15.5. The van der Waals surface area contributed by atoms with Crippen molar-refractivity contribution in [2.45, 2.75) is 4.90 Å². The third-order valence-electron chi connectivity index (χ3n) is 4.65. The molecule has 0 aliphatic carbocycles. The Bertz CT molecular complexity index is 1170. The predicted octanol–water partition coefficient (Wildman–Crippen LogP) is 5.22. The SMILES string of the molecule is Cn1cc(-c2ccc(F)cc2)c2cc(NSc3ccc(C(=O)NO)cc3)ccc21. The van der Waals surface area contributed by atoms with Crippen LogP contribution < -0.4 is 10.2 Å². The van der Waals surface area contributed by atoms with E-state index in [4.69, 9.17) is 5.21 Å². The molecule has 0 saturated carbocycles. The molecule has 7 heteroatoms. The molecule has 4 rings (SSSR count). The van der Waals surface area contributed by atoms with Crippen molar-refractivity contribution in [3.05, 3.63) is 84.3 Å². The topological polar surface area (TPSA) is 66.3 Å². The van der Waals surface area contributed by atoms with E-state index >= 15 is 0 Å². The van der Waals surface area contributed by atoms with Crippen molar-refractivity contribution >= 4 is 34.4 Å². The van der Waals surface area contributed by atoms with Gasteiger partial charge < -0.3 is 9.29 Å². The van der Waals surface area contributed by atoms with Crippen LogP contribution in [0.15, 0.2) is 77.8 Å². The number of hydrogen-bond donors (Lipinski definition) is 3. The highest BCUT2D eigenvalue weighted by atomic mass is 32.2. The van der Waals surface area contributed by atoms with Crippen molar-refractivity contribution in [2.24, 2.45) is 7.05 Å². The highest BCUT2D eigenvalue weighted by molar-refractivity contribution is 8.00. The first-order chi connectivity index (χ1) is 14.0. The van der Waals surface area contributed by atoms with Gasteiger partial charge in [-0.05, 0) is 72.1 Å². The molecule has 0 atom stereocenters. The van der Waals surface area contributed by atoms with E-state index in [9.17, 15) is 9.18 Å². The average molecular weight is 407 g/mol. The highest BCUT2D eigenvalue weighted by Gasteiger charge is 2.10. The fourth-order valence-electron chi connectivity index (χ4n) is 3.17. The van der Waals surface area contributed by atoms with Gasteiger partial charge in [-0.25, -0.2) is 9.87 Å². The normalized spacial score (nSPS) is 10.9. The van der Waals surface area contributed by atoms with Gasteiger partial charge in [0.15, 0.2) is 0 Å². The molecule has 0 aliphatic heterocycles. The molecule has 1 heterocycles. The number of nitrogens with zero attached hydrogens (tertiary/aromatic N) is 1. The van der Waals surface area contributed by atoms with Crippen LogP contribution in [0.5, 0.6) is 0 Å². The van der Waals surface area contributed by atoms with Gasteiger partial charge in [0.2, 0.25) is 0 Å². The van der Waals surface area contributed by atoms with E-state index in [1.165, 1.54) is 24.1 Å². The molecule has 1 amide bonds. The quantitative estimate of drug-likeness (QED) is 0.241. The molecule has 0 spiro atoms. The van der Waals surface area contributed by atoms with Gasteiger partial charge in [0.1, 0.15) is 5.82 Å². The van der Waals surface area contributed by atoms with Crippen molar-refractivity contribution in [2.75, 3.05) is 4.72 Å². The number of halogens is 1. The monoisotopic (exact) mass is 407 g/mol. The van der Waals surface area contributed by atoms with Gasteiger partial charge in [-0.3, -0.25) is 10.0 Å². The lowest BCUT2D eigenvalue weighted by Crippen LogP contribution is -2.18. The number of anilines is 1. The summed E-state index contributed by atoms with van der Waals surface area (Å²) in [6.45, 7) is 0. The van der Waals surface area contributed by atoms with Crippen LogP contribution in [0, 0.1) is 5.82 Å². The van der Waals surface area contributed by atoms with E-state index in [0.717, 1.165) is 32.6 Å². The standard InChI is InChI=1S/C22H18FN3O2S/c1-26-13-20(14-2-6-16(23)7-3-14)19-12-17(8-11-21(19)26)25-29-18-9-4-15(5-10-18)22(27)24-28/h2-13,25,28H,1H3,(H,24,27). The second kappa shape index (κ2) is 7.98. The van der Waals surface area contributed by atoms with Crippen molar-refractivity contribution in [3.63, 3.8) is 0 Å². The lowest BCUT2D eigenvalue weighted by molar-refractivity contribution is 0.0706. The number of amides is 1. The molecule has 0 radical (unpaired) electrons. The van der Waals surface area contributed by atoms with E-state index in [-0.39, 0.29) is 5.82 Å². The highest BCUT2D eigenvalue weighted by Crippen LogP contribution is 2.33. The minimum Gasteiger partial charge on any atom is -0.350 e. The van der Waals surface area contributed by atoms with E-state index < -0.39 is 5.91 Å². The fraction of sp³-hybridized carbons (Fsp3) is 0.0455. The molecule has 146 valence electrons. The number of carbonyl (C=O) groups excluding carboxylic acids is 1. The summed E-state index contributed by atoms with van der Waals surface area (Å²) < 4.78 is 18.6. The Morgan fingerprint density at radius 2 is 1.76 bits per heavy atom. The first-order valence-corrected chi connectivity index (χ1v) is 9.69. The van der Waals surface area contributed by atoms with E-state index in [2.05, 4.69) is 15.4 Å². The van der Waals surface area contributed by atoms with Gasteiger partial charge in [-0.2, -0.15) is 0 Å². The van der Waals surface area contributed by atoms with Crippen LogP contribution in [0.3, 0.4) is 0 Å². The summed E-state index contributed by atoms with van der Waals surface area (Å²) in [5.41, 5.74) is 6.00. The Balaban J connectivity index is 1.58. The Hall–Kier alpha value is -3.29. The number of benzene rings is 3. The summed E-state index contributed by atoms with van der Waals surface area (Å²) in [5, 5.41) is 9.75. The van der Waals surface area contributed by atoms with Crippen LogP contribution in [0.25, 0.3) is 22.0 Å². The summed E-state index contributed by atoms with van der Waals surface area (Å²) in [7, 11) is 1.99. The maximum Gasteiger partial charge on any atom is 0.274 e. The zero-order chi connectivity index (χ0) is 20.4. The Kier molecular flexibility index (Phi) is 5.24. The van der Waals surface area contributed by atoms with E-state index in [1.54, 1.807) is 41.9 Å². The fourth-order valence-corrected chi connectivity index (χ4v) is 3.81. The number of nitrogens with one attached hydrogen (secondary N) is 2. The Morgan fingerprint density at radius 3 is 2.45 bits per heavy atom. The smallest absolute Gasteiger partial charge is 0.274 e. The van der Waals surface area contributed by atoms with Gasteiger partial charge in [0.05, 0.1) is 0 Å². The second-order valence-corrected chi connectivity index (χ2v) is 7.44. The summed E-state index contributed by atoms with van der Waals surface area (Å²) in [5.74, 6) is -0.799. The molecular formula is C22H18FN3O2S. The molecule has 5 nitrogen and oxygen atoms in total. The molecule has 1 aromatic heterocycles. The summed E-state index contributed by atoms with van der Waals surface area (Å²) in [4.78, 5) is 12.3. The van der Waals surface area contributed by atoms with Crippen LogP contribution in [0.4, 0.5) is 10.1 Å². The lowest BCUT2D eigenvalue weighted by Gasteiger charge is -2.07. The number of rotatable bonds is 5. The van der Waals surface area contributed by atoms with Crippen LogP contribution in [0.1, 0.15) is 10.4 Å². The maximum absolute atomic E-state index is 13.3. The van der Waals surface area contributed by atoms with E-state index in [1.807, 2.05) is 25.4 Å². The number of fused-ring (bicyclic) bond motifs is 1. The predicted molar refractivity (Wildman–Crippen MR) is 113 cm³/mol. The largest absolute Gasteiger partial charge is 0.350 e. The first kappa shape index (κ1) is 19.0. The van der Waals surface area contributed by atoms with Crippen molar-refractivity contribution in [1.29, 1.82) is 0 Å². The maximum atomic E-state index is 13.3. The van der Waals surface area contributed by atoms with Gasteiger partial charge in [-0.15, -0.1) is 0 Å². The Morgan fingerprint density at radius 1 is 1.03 bits per heavy atom. The first-order valence-electron chi connectivity index (χ1n) is 8.87. The van der Waals surface area contributed by atoms with Crippen LogP contribution in [0.2, 0.25) is 0 Å². The molecule has 0 aliphatic rings. The molecule has 3 aromatic carbocycles. The molecular weight excluding hydrogens is 389 g/mol. The van der Waals surface area contributed by atoms with E-state index in [0.29, 0.717) is 5.56 Å². The minimum absolute atomic E-state index is 0.254. The summed E-state index contributed by atoms with van der Waals surface area (Å²) in [6.07, 6.45) is 2.04. The lowest BCUT2D eigenvalue weighted by atomic mass is 10.0. The number of hydroxylamine groups is 1. The number of aromatic nitrogens is 1. The van der Waals surface area contributed by atoms with Gasteiger partial charge in [0, 0.05) is 45.9 Å². The third kappa shape index (κ3) is 3.96. The van der Waals surface area contributed by atoms with Crippen molar-refractivity contribution in [1.82, 2.24) is 10.0 Å². The average Bonchev–Trinajstić information content (AvgIpc) is 3.08. The van der Waals surface area contributed by atoms with Gasteiger partial charge >= 0.3 is 0 Å². The zero-order valence-corrected chi connectivity index (χ0v) is 16.3. The van der Waals surface area contributed by atoms with Crippen LogP contribution in [-0.4, -0.2) is 15.7 Å².